The van der Waals surface area contributed by atoms with E-state index in [1.807, 2.05) is 26.0 Å². The average Bonchev–Trinajstić information content (AvgIpc) is 3.36. The Labute approximate surface area is 194 Å². The number of nitrogens with zero attached hydrogens (tertiary/aromatic N) is 3. The minimum Gasteiger partial charge on any atom is -0.495 e. The van der Waals surface area contributed by atoms with E-state index in [4.69, 9.17) is 14.5 Å². The number of pyridine rings is 1. The van der Waals surface area contributed by atoms with E-state index in [-0.39, 0.29) is 17.9 Å². The summed E-state index contributed by atoms with van der Waals surface area (Å²) in [5, 5.41) is 3.32. The van der Waals surface area contributed by atoms with Crippen molar-refractivity contribution >= 4 is 34.9 Å². The molecule has 0 saturated heterocycles. The summed E-state index contributed by atoms with van der Waals surface area (Å²) >= 11 is 0. The molecular formula is C25H32N4O4. The quantitative estimate of drug-likeness (QED) is 0.619. The van der Waals surface area contributed by atoms with Gasteiger partial charge in [0.1, 0.15) is 17.6 Å². The van der Waals surface area contributed by atoms with Crippen LogP contribution in [-0.4, -0.2) is 49.7 Å². The summed E-state index contributed by atoms with van der Waals surface area (Å²) in [5.74, 6) is 1.70. The molecule has 1 fully saturated rings. The van der Waals surface area contributed by atoms with Crippen LogP contribution in [0.25, 0.3) is 0 Å². The van der Waals surface area contributed by atoms with E-state index in [0.717, 1.165) is 30.8 Å². The minimum atomic E-state index is -0.373. The Hall–Kier alpha value is -3.29. The Morgan fingerprint density at radius 2 is 1.97 bits per heavy atom. The first-order valence-electron chi connectivity index (χ1n) is 11.6. The van der Waals surface area contributed by atoms with E-state index >= 15 is 0 Å². The van der Waals surface area contributed by atoms with E-state index in [2.05, 4.69) is 10.2 Å². The van der Waals surface area contributed by atoms with Crippen molar-refractivity contribution in [2.75, 3.05) is 35.9 Å². The van der Waals surface area contributed by atoms with Crippen molar-refractivity contribution in [1.29, 1.82) is 0 Å². The van der Waals surface area contributed by atoms with Crippen LogP contribution in [0.15, 0.2) is 30.3 Å². The maximum absolute atomic E-state index is 12.9. The zero-order chi connectivity index (χ0) is 23.5. The molecule has 8 nitrogen and oxygen atoms in total. The Balaban J connectivity index is 1.64. The van der Waals surface area contributed by atoms with Crippen LogP contribution in [0.2, 0.25) is 0 Å². The minimum absolute atomic E-state index is 0.0872. The molecule has 1 aliphatic heterocycles. The summed E-state index contributed by atoms with van der Waals surface area (Å²) in [7, 11) is 3.36. The number of rotatable bonds is 7. The first-order valence-corrected chi connectivity index (χ1v) is 11.6. The predicted molar refractivity (Wildman–Crippen MR) is 129 cm³/mol. The summed E-state index contributed by atoms with van der Waals surface area (Å²) in [5.41, 5.74) is 1.94. The molecule has 1 saturated carbocycles. The van der Waals surface area contributed by atoms with Gasteiger partial charge in [0.25, 0.3) is 0 Å². The number of methoxy groups -OCH3 is 1. The summed E-state index contributed by atoms with van der Waals surface area (Å²) in [6.45, 7) is 4.29. The molecule has 1 aromatic carbocycles. The molecular weight excluding hydrogens is 420 g/mol. The lowest BCUT2D eigenvalue weighted by atomic mass is 10.1. The number of carbonyl (C=O) groups excluding carboxylic acids is 2. The van der Waals surface area contributed by atoms with E-state index in [1.165, 1.54) is 12.8 Å². The largest absolute Gasteiger partial charge is 0.495 e. The van der Waals surface area contributed by atoms with Crippen LogP contribution in [0, 0.1) is 0 Å². The van der Waals surface area contributed by atoms with Crippen molar-refractivity contribution < 1.29 is 19.1 Å². The highest BCUT2D eigenvalue weighted by molar-refractivity contribution is 6.04. The third-order valence-electron chi connectivity index (χ3n) is 6.42. The molecule has 2 aromatic rings. The van der Waals surface area contributed by atoms with Crippen LogP contribution >= 0.6 is 0 Å². The lowest BCUT2D eigenvalue weighted by Crippen LogP contribution is -2.54. The molecule has 2 heterocycles. The van der Waals surface area contributed by atoms with Gasteiger partial charge in [-0.05, 0) is 56.5 Å². The van der Waals surface area contributed by atoms with Gasteiger partial charge in [0.2, 0.25) is 5.91 Å². The number of esters is 1. The molecule has 4 rings (SSSR count). The Kier molecular flexibility index (Phi) is 6.72. The second kappa shape index (κ2) is 9.68. The topological polar surface area (TPSA) is 84.0 Å². The van der Waals surface area contributed by atoms with Gasteiger partial charge < -0.3 is 24.6 Å². The molecule has 0 unspecified atom stereocenters. The maximum Gasteiger partial charge on any atom is 0.338 e. The lowest BCUT2D eigenvalue weighted by molar-refractivity contribution is -0.119. The normalized spacial score (nSPS) is 18.3. The van der Waals surface area contributed by atoms with Crippen molar-refractivity contribution in [2.45, 2.75) is 58.0 Å². The van der Waals surface area contributed by atoms with Crippen molar-refractivity contribution in [3.8, 4) is 5.75 Å². The molecule has 1 amide bonds. The number of likely N-dealkylation sites (N-methyl/N-ethyl adjacent to an activating group) is 1. The van der Waals surface area contributed by atoms with Crippen molar-refractivity contribution in [2.24, 2.45) is 0 Å². The Morgan fingerprint density at radius 1 is 1.21 bits per heavy atom. The monoisotopic (exact) mass is 452 g/mol. The Bertz CT molecular complexity index is 1040. The van der Waals surface area contributed by atoms with Gasteiger partial charge in [-0.25, -0.2) is 9.78 Å². The van der Waals surface area contributed by atoms with Crippen molar-refractivity contribution in [3.63, 3.8) is 0 Å². The smallest absolute Gasteiger partial charge is 0.338 e. The number of hydrogen-bond acceptors (Lipinski definition) is 7. The Morgan fingerprint density at radius 3 is 2.67 bits per heavy atom. The highest BCUT2D eigenvalue weighted by atomic mass is 16.5. The van der Waals surface area contributed by atoms with Crippen LogP contribution in [0.1, 0.15) is 56.3 Å². The predicted octanol–water partition coefficient (Wildman–Crippen LogP) is 4.51. The average molecular weight is 453 g/mol. The number of nitrogens with one attached hydrogen (secondary N) is 1. The van der Waals surface area contributed by atoms with Gasteiger partial charge in [0.15, 0.2) is 5.82 Å². The highest BCUT2D eigenvalue weighted by Crippen LogP contribution is 2.40. The maximum atomic E-state index is 12.9. The number of benzene rings is 1. The zero-order valence-electron chi connectivity index (χ0n) is 19.8. The van der Waals surface area contributed by atoms with Crippen molar-refractivity contribution in [1.82, 2.24) is 4.98 Å². The van der Waals surface area contributed by atoms with Crippen LogP contribution in [-0.2, 0) is 9.53 Å². The van der Waals surface area contributed by atoms with E-state index in [9.17, 15) is 9.59 Å². The van der Waals surface area contributed by atoms with Gasteiger partial charge in [-0.2, -0.15) is 0 Å². The van der Waals surface area contributed by atoms with E-state index in [0.29, 0.717) is 35.5 Å². The second-order valence-corrected chi connectivity index (χ2v) is 8.63. The second-order valence-electron chi connectivity index (χ2n) is 8.63. The van der Waals surface area contributed by atoms with Crippen LogP contribution < -0.4 is 19.9 Å². The number of aromatic nitrogens is 1. The molecule has 1 N–H and O–H groups in total. The first-order chi connectivity index (χ1) is 15.9. The van der Waals surface area contributed by atoms with Gasteiger partial charge in [-0.1, -0.05) is 19.8 Å². The lowest BCUT2D eigenvalue weighted by Gasteiger charge is -2.42. The number of amides is 1. The number of fused-ring (bicyclic) bond motifs is 1. The van der Waals surface area contributed by atoms with Crippen LogP contribution in [0.3, 0.4) is 0 Å². The summed E-state index contributed by atoms with van der Waals surface area (Å²) in [6, 6.07) is 9.01. The molecule has 1 atom stereocenters. The molecule has 0 spiro atoms. The summed E-state index contributed by atoms with van der Waals surface area (Å²) < 4.78 is 10.7. The van der Waals surface area contributed by atoms with Crippen molar-refractivity contribution in [3.05, 3.63) is 35.9 Å². The fourth-order valence-corrected chi connectivity index (χ4v) is 4.67. The molecule has 33 heavy (non-hydrogen) atoms. The number of hydrogen-bond donors (Lipinski definition) is 1. The molecule has 0 radical (unpaired) electrons. The number of ether oxygens (including phenoxy) is 2. The number of carbonyl (C=O) groups is 2. The van der Waals surface area contributed by atoms with Crippen LogP contribution in [0.4, 0.5) is 23.0 Å². The van der Waals surface area contributed by atoms with Gasteiger partial charge in [0.05, 0.1) is 30.7 Å². The first kappa shape index (κ1) is 22.9. The molecule has 8 heteroatoms. The fourth-order valence-electron chi connectivity index (χ4n) is 4.67. The third kappa shape index (κ3) is 4.47. The standard InChI is InChI=1S/C25H32N4O4/c1-5-14-33-25(31)17-10-11-19(21(15-17)32-4)26-22-13-12-20-23(27-22)29(18-8-6-7-9-18)16(2)24(30)28(20)3/h10-13,15-16,18H,5-9,14H2,1-4H3,(H,26,27)/t16-/m0/s1. The van der Waals surface area contributed by atoms with Gasteiger partial charge in [-0.15, -0.1) is 0 Å². The summed E-state index contributed by atoms with van der Waals surface area (Å²) in [6.07, 6.45) is 5.27. The summed E-state index contributed by atoms with van der Waals surface area (Å²) in [4.78, 5) is 33.9. The fraction of sp³-hybridized carbons (Fsp3) is 0.480. The van der Waals surface area contributed by atoms with Gasteiger partial charge in [-0.3, -0.25) is 4.79 Å². The van der Waals surface area contributed by atoms with Gasteiger partial charge in [0, 0.05) is 13.1 Å². The van der Waals surface area contributed by atoms with Crippen LogP contribution in [0.5, 0.6) is 5.75 Å². The zero-order valence-corrected chi connectivity index (χ0v) is 19.8. The highest BCUT2D eigenvalue weighted by Gasteiger charge is 2.39. The molecule has 2 aliphatic rings. The molecule has 176 valence electrons. The van der Waals surface area contributed by atoms with E-state index in [1.54, 1.807) is 37.3 Å². The SMILES string of the molecule is CCCOC(=O)c1ccc(Nc2ccc3c(n2)N(C2CCCC2)[C@@H](C)C(=O)N3C)c(OC)c1. The third-order valence-corrected chi connectivity index (χ3v) is 6.42. The molecule has 1 aliphatic carbocycles. The molecule has 0 bridgehead atoms. The van der Waals surface area contributed by atoms with Gasteiger partial charge >= 0.3 is 5.97 Å². The number of anilines is 4. The van der Waals surface area contributed by atoms with E-state index < -0.39 is 0 Å². The molecule has 1 aromatic heterocycles.